The summed E-state index contributed by atoms with van der Waals surface area (Å²) in [7, 11) is 2.25. The number of anilines is 5. The average molecular weight is 438 g/mol. The van der Waals surface area contributed by atoms with Gasteiger partial charge in [0.15, 0.2) is 9.84 Å². The van der Waals surface area contributed by atoms with E-state index in [9.17, 15) is 8.42 Å². The van der Waals surface area contributed by atoms with Crippen LogP contribution in [0.2, 0.25) is 0 Å². The molecule has 0 atom stereocenters. The van der Waals surface area contributed by atoms with Crippen molar-refractivity contribution in [3.8, 4) is 0 Å². The molecule has 0 aliphatic carbocycles. The van der Waals surface area contributed by atoms with E-state index in [2.05, 4.69) is 15.0 Å². The van der Waals surface area contributed by atoms with Crippen molar-refractivity contribution in [1.82, 2.24) is 19.5 Å². The molecule has 0 fully saturated rings. The Balaban J connectivity index is 1.72. The van der Waals surface area contributed by atoms with Gasteiger partial charge in [-0.05, 0) is 36.4 Å². The first-order chi connectivity index (χ1) is 14.7. The number of imidazole rings is 1. The maximum Gasteiger partial charge on any atom is 0.231 e. The van der Waals surface area contributed by atoms with E-state index >= 15 is 0 Å². The summed E-state index contributed by atoms with van der Waals surface area (Å²) in [5.74, 6) is 1.53. The number of nitrogens with zero attached hydrogens (tertiary/aromatic N) is 6. The van der Waals surface area contributed by atoms with Gasteiger partial charge in [0.1, 0.15) is 11.3 Å². The Kier molecular flexibility index (Phi) is 5.02. The Hall–Kier alpha value is -3.66. The van der Waals surface area contributed by atoms with E-state index in [0.717, 1.165) is 16.7 Å². The van der Waals surface area contributed by atoms with Crippen LogP contribution in [0.3, 0.4) is 0 Å². The van der Waals surface area contributed by atoms with Gasteiger partial charge in [-0.1, -0.05) is 12.1 Å². The maximum absolute atomic E-state index is 11.9. The zero-order valence-corrected chi connectivity index (χ0v) is 18.5. The van der Waals surface area contributed by atoms with Crippen molar-refractivity contribution in [3.63, 3.8) is 0 Å². The molecule has 0 amide bonds. The molecule has 2 N–H and O–H groups in total. The van der Waals surface area contributed by atoms with E-state index in [0.29, 0.717) is 23.4 Å². The Morgan fingerprint density at radius 3 is 2.48 bits per heavy atom. The minimum absolute atomic E-state index is 0.240. The molecule has 4 rings (SSSR count). The van der Waals surface area contributed by atoms with Crippen molar-refractivity contribution < 1.29 is 8.42 Å². The third-order valence-electron chi connectivity index (χ3n) is 5.19. The van der Waals surface area contributed by atoms with Crippen LogP contribution in [0.25, 0.3) is 11.0 Å². The molecule has 0 spiro atoms. The van der Waals surface area contributed by atoms with Crippen molar-refractivity contribution in [2.75, 3.05) is 35.9 Å². The standard InChI is InChI=1S/C21H23N7O2S/c1-26(14-7-5-8-15(13-14)31(4,29)30)21-23-12-11-18(24-21)27(2)16-9-6-10-17-19(16)25-20(22)28(17)3/h5-13H,1-4H3,(H2,22,25). The average Bonchev–Trinajstić information content (AvgIpc) is 3.06. The molecule has 31 heavy (non-hydrogen) atoms. The minimum atomic E-state index is -3.32. The molecule has 9 nitrogen and oxygen atoms in total. The zero-order valence-electron chi connectivity index (χ0n) is 17.7. The number of fused-ring (bicyclic) bond motifs is 1. The van der Waals surface area contributed by atoms with Gasteiger partial charge in [0.2, 0.25) is 11.9 Å². The van der Waals surface area contributed by atoms with Crippen LogP contribution in [0.15, 0.2) is 59.6 Å². The van der Waals surface area contributed by atoms with Gasteiger partial charge in [-0.25, -0.2) is 18.4 Å². The second-order valence-electron chi connectivity index (χ2n) is 7.28. The van der Waals surface area contributed by atoms with Gasteiger partial charge in [-0.3, -0.25) is 0 Å². The third kappa shape index (κ3) is 3.77. The summed E-state index contributed by atoms with van der Waals surface area (Å²) >= 11 is 0. The highest BCUT2D eigenvalue weighted by atomic mass is 32.2. The van der Waals surface area contributed by atoms with Crippen LogP contribution in [0, 0.1) is 0 Å². The van der Waals surface area contributed by atoms with E-state index in [1.54, 1.807) is 42.4 Å². The molecular formula is C21H23N7O2S. The molecule has 160 valence electrons. The number of sulfone groups is 1. The van der Waals surface area contributed by atoms with Crippen molar-refractivity contribution in [2.24, 2.45) is 7.05 Å². The smallest absolute Gasteiger partial charge is 0.231 e. The molecule has 2 aromatic heterocycles. The Morgan fingerprint density at radius 1 is 1.00 bits per heavy atom. The van der Waals surface area contributed by atoms with Crippen molar-refractivity contribution in [3.05, 3.63) is 54.7 Å². The van der Waals surface area contributed by atoms with E-state index in [-0.39, 0.29) is 4.90 Å². The van der Waals surface area contributed by atoms with E-state index in [1.807, 2.05) is 47.8 Å². The number of rotatable bonds is 5. The zero-order chi connectivity index (χ0) is 22.3. The van der Waals surface area contributed by atoms with Gasteiger partial charge in [0.25, 0.3) is 0 Å². The van der Waals surface area contributed by atoms with Gasteiger partial charge in [-0.2, -0.15) is 4.98 Å². The first-order valence-electron chi connectivity index (χ1n) is 9.48. The Labute approximate surface area is 180 Å². The lowest BCUT2D eigenvalue weighted by molar-refractivity contribution is 0.602. The minimum Gasteiger partial charge on any atom is -0.369 e. The first kappa shape index (κ1) is 20.6. The van der Waals surface area contributed by atoms with Crippen LogP contribution in [-0.2, 0) is 16.9 Å². The number of para-hydroxylation sites is 1. The van der Waals surface area contributed by atoms with E-state index in [4.69, 9.17) is 5.73 Å². The highest BCUT2D eigenvalue weighted by Crippen LogP contribution is 2.31. The number of aryl methyl sites for hydroxylation is 1. The van der Waals surface area contributed by atoms with E-state index in [1.165, 1.54) is 6.26 Å². The predicted molar refractivity (Wildman–Crippen MR) is 123 cm³/mol. The molecule has 0 aliphatic heterocycles. The number of hydrogen-bond donors (Lipinski definition) is 1. The van der Waals surface area contributed by atoms with Crippen molar-refractivity contribution in [2.45, 2.75) is 4.90 Å². The number of nitrogen functional groups attached to an aromatic ring is 1. The number of nitrogens with two attached hydrogens (primary N) is 1. The summed E-state index contributed by atoms with van der Waals surface area (Å²) in [5, 5.41) is 0. The fourth-order valence-corrected chi connectivity index (χ4v) is 4.00. The SMILES string of the molecule is CN(c1cccc(S(C)(=O)=O)c1)c1nccc(N(C)c2cccc3c2nc(N)n3C)n1. The number of hydrogen-bond acceptors (Lipinski definition) is 8. The Bertz CT molecular complexity index is 1380. The lowest BCUT2D eigenvalue weighted by atomic mass is 10.2. The predicted octanol–water partition coefficient (Wildman–Crippen LogP) is 2.88. The normalized spacial score (nSPS) is 11.6. The molecule has 0 saturated heterocycles. The molecular weight excluding hydrogens is 414 g/mol. The first-order valence-corrected chi connectivity index (χ1v) is 11.4. The highest BCUT2D eigenvalue weighted by molar-refractivity contribution is 7.90. The fourth-order valence-electron chi connectivity index (χ4n) is 3.34. The number of aromatic nitrogens is 4. The summed E-state index contributed by atoms with van der Waals surface area (Å²) in [6, 6.07) is 14.3. The summed E-state index contributed by atoms with van der Waals surface area (Å²) < 4.78 is 25.6. The molecule has 0 radical (unpaired) electrons. The quantitative estimate of drug-likeness (QED) is 0.507. The lowest BCUT2D eigenvalue weighted by Crippen LogP contribution is -2.17. The second-order valence-corrected chi connectivity index (χ2v) is 9.29. The van der Waals surface area contributed by atoms with Crippen LogP contribution in [-0.4, -0.2) is 48.3 Å². The maximum atomic E-state index is 11.9. The van der Waals surface area contributed by atoms with Gasteiger partial charge in [0, 0.05) is 39.3 Å². The van der Waals surface area contributed by atoms with Crippen LogP contribution in [0.1, 0.15) is 0 Å². The molecule has 10 heteroatoms. The largest absolute Gasteiger partial charge is 0.369 e. The van der Waals surface area contributed by atoms with Gasteiger partial charge in [0.05, 0.1) is 16.1 Å². The van der Waals surface area contributed by atoms with Crippen LogP contribution < -0.4 is 15.5 Å². The summed E-state index contributed by atoms with van der Waals surface area (Å²) in [6.45, 7) is 0. The van der Waals surface area contributed by atoms with Crippen molar-refractivity contribution in [1.29, 1.82) is 0 Å². The summed E-state index contributed by atoms with van der Waals surface area (Å²) in [6.07, 6.45) is 2.85. The Morgan fingerprint density at radius 2 is 1.74 bits per heavy atom. The molecule has 0 saturated carbocycles. The van der Waals surface area contributed by atoms with Crippen LogP contribution in [0.5, 0.6) is 0 Å². The number of benzene rings is 2. The molecule has 0 bridgehead atoms. The van der Waals surface area contributed by atoms with Crippen LogP contribution >= 0.6 is 0 Å². The van der Waals surface area contributed by atoms with E-state index < -0.39 is 9.84 Å². The molecule has 2 aromatic carbocycles. The fraction of sp³-hybridized carbons (Fsp3) is 0.190. The summed E-state index contributed by atoms with van der Waals surface area (Å²) in [4.78, 5) is 17.4. The molecule has 0 unspecified atom stereocenters. The lowest BCUT2D eigenvalue weighted by Gasteiger charge is -2.22. The highest BCUT2D eigenvalue weighted by Gasteiger charge is 2.17. The monoisotopic (exact) mass is 437 g/mol. The summed E-state index contributed by atoms with van der Waals surface area (Å²) in [5.41, 5.74) is 9.22. The third-order valence-corrected chi connectivity index (χ3v) is 6.30. The van der Waals surface area contributed by atoms with Gasteiger partial charge >= 0.3 is 0 Å². The van der Waals surface area contributed by atoms with Crippen LogP contribution in [0.4, 0.5) is 29.1 Å². The van der Waals surface area contributed by atoms with Gasteiger partial charge in [-0.15, -0.1) is 0 Å². The molecule has 4 aromatic rings. The van der Waals surface area contributed by atoms with Gasteiger partial charge < -0.3 is 20.1 Å². The topological polar surface area (TPSA) is 110 Å². The van der Waals surface area contributed by atoms with Crippen molar-refractivity contribution >= 4 is 50.0 Å². The molecule has 0 aliphatic rings. The molecule has 2 heterocycles. The second kappa shape index (κ2) is 7.55.